The molecule has 26 heavy (non-hydrogen) atoms. The number of hydrogen-bond donors (Lipinski definition) is 0. The van der Waals surface area contributed by atoms with Crippen LogP contribution in [0.2, 0.25) is 0 Å². The van der Waals surface area contributed by atoms with E-state index in [1.165, 1.54) is 12.8 Å². The van der Waals surface area contributed by atoms with Crippen LogP contribution in [0.4, 0.5) is 13.2 Å². The van der Waals surface area contributed by atoms with Crippen molar-refractivity contribution in [3.8, 4) is 22.3 Å². The van der Waals surface area contributed by atoms with Crippen molar-refractivity contribution in [2.45, 2.75) is 64.7 Å². The average Bonchev–Trinajstić information content (AvgIpc) is 2.63. The first-order valence-corrected chi connectivity index (χ1v) is 9.90. The minimum atomic E-state index is -0.868. The van der Waals surface area contributed by atoms with E-state index in [0.29, 0.717) is 23.1 Å². The van der Waals surface area contributed by atoms with Crippen molar-refractivity contribution in [2.24, 2.45) is 5.92 Å². The molecule has 0 unspecified atom stereocenters. The van der Waals surface area contributed by atoms with Crippen LogP contribution >= 0.6 is 0 Å². The van der Waals surface area contributed by atoms with E-state index in [0.717, 1.165) is 37.2 Å². The van der Waals surface area contributed by atoms with E-state index in [4.69, 9.17) is 0 Å². The summed E-state index contributed by atoms with van der Waals surface area (Å²) >= 11 is 0. The maximum atomic E-state index is 14.8. The molecule has 0 atom stereocenters. The number of halogens is 3. The van der Waals surface area contributed by atoms with Gasteiger partial charge in [-0.05, 0) is 72.3 Å². The van der Waals surface area contributed by atoms with E-state index in [9.17, 15) is 13.2 Å². The van der Waals surface area contributed by atoms with Crippen LogP contribution in [0.25, 0.3) is 22.3 Å². The lowest BCUT2D eigenvalue weighted by atomic mass is 9.73. The Morgan fingerprint density at radius 1 is 0.846 bits per heavy atom. The third-order valence-corrected chi connectivity index (χ3v) is 6.36. The molecule has 0 aromatic heterocycles. The summed E-state index contributed by atoms with van der Waals surface area (Å²) in [6.45, 7) is 4.05. The van der Waals surface area contributed by atoms with Gasteiger partial charge < -0.3 is 0 Å². The number of benzene rings is 2. The Kier molecular flexibility index (Phi) is 4.58. The highest BCUT2D eigenvalue weighted by molar-refractivity contribution is 6.03. The molecule has 2 aliphatic rings. The van der Waals surface area contributed by atoms with Crippen LogP contribution in [0.15, 0.2) is 18.2 Å². The average molecular weight is 358 g/mol. The van der Waals surface area contributed by atoms with E-state index in [1.54, 1.807) is 12.1 Å². The summed E-state index contributed by atoms with van der Waals surface area (Å²) in [5, 5.41) is 0. The Hall–Kier alpha value is -1.77. The largest absolute Gasteiger partial charge is 0.206 e. The summed E-state index contributed by atoms with van der Waals surface area (Å²) in [6, 6.07) is 5.39. The van der Waals surface area contributed by atoms with E-state index in [1.807, 2.05) is 13.0 Å². The predicted molar refractivity (Wildman–Crippen MR) is 99.7 cm³/mol. The lowest BCUT2D eigenvalue weighted by Gasteiger charge is -2.32. The summed E-state index contributed by atoms with van der Waals surface area (Å²) in [5.41, 5.74) is 2.82. The van der Waals surface area contributed by atoms with E-state index >= 15 is 0 Å². The molecule has 0 N–H and O–H groups in total. The lowest BCUT2D eigenvalue weighted by molar-refractivity contribution is 0.303. The summed E-state index contributed by atoms with van der Waals surface area (Å²) in [4.78, 5) is 0. The highest BCUT2D eigenvalue weighted by atomic mass is 19.2. The highest BCUT2D eigenvalue weighted by Gasteiger charge is 2.35. The SMILES string of the molecule is CCCC1CCC(c2cc3c(c(F)c2F)-c2c-3ccc(CC)c2F)CC1. The van der Waals surface area contributed by atoms with Crippen LogP contribution in [-0.4, -0.2) is 0 Å². The van der Waals surface area contributed by atoms with Gasteiger partial charge in [-0.15, -0.1) is 0 Å². The monoisotopic (exact) mass is 358 g/mol. The maximum absolute atomic E-state index is 14.8. The first-order valence-electron chi connectivity index (χ1n) is 9.90. The first-order chi connectivity index (χ1) is 12.6. The van der Waals surface area contributed by atoms with Crippen LogP contribution in [0.1, 0.15) is 69.4 Å². The molecule has 1 fully saturated rings. The quantitative estimate of drug-likeness (QED) is 0.456. The summed E-state index contributed by atoms with van der Waals surface area (Å²) in [7, 11) is 0. The predicted octanol–water partition coefficient (Wildman–Crippen LogP) is 7.39. The Morgan fingerprint density at radius 3 is 2.19 bits per heavy atom. The molecule has 0 spiro atoms. The van der Waals surface area contributed by atoms with Crippen molar-refractivity contribution in [1.29, 1.82) is 0 Å². The molecule has 2 aromatic rings. The number of rotatable bonds is 4. The molecule has 0 nitrogen and oxygen atoms in total. The molecule has 0 heterocycles. The molecule has 2 aliphatic carbocycles. The minimum Gasteiger partial charge on any atom is -0.206 e. The molecular weight excluding hydrogens is 333 g/mol. The third-order valence-electron chi connectivity index (χ3n) is 6.36. The van der Waals surface area contributed by atoms with Gasteiger partial charge in [0.2, 0.25) is 0 Å². The second-order valence-electron chi connectivity index (χ2n) is 7.84. The van der Waals surface area contributed by atoms with Crippen LogP contribution in [0.5, 0.6) is 0 Å². The summed E-state index contributed by atoms with van der Waals surface area (Å²) < 4.78 is 44.2. The molecule has 0 radical (unpaired) electrons. The van der Waals surface area contributed by atoms with Crippen molar-refractivity contribution in [3.05, 3.63) is 46.8 Å². The van der Waals surface area contributed by atoms with Gasteiger partial charge in [-0.25, -0.2) is 13.2 Å². The molecule has 4 rings (SSSR count). The van der Waals surface area contributed by atoms with Gasteiger partial charge in [0.05, 0.1) is 0 Å². The smallest absolute Gasteiger partial charge is 0.167 e. The molecule has 138 valence electrons. The van der Waals surface area contributed by atoms with Crippen molar-refractivity contribution in [1.82, 2.24) is 0 Å². The van der Waals surface area contributed by atoms with Gasteiger partial charge in [-0.3, -0.25) is 0 Å². The molecule has 0 amide bonds. The van der Waals surface area contributed by atoms with Crippen molar-refractivity contribution < 1.29 is 13.2 Å². The topological polar surface area (TPSA) is 0 Å². The zero-order valence-corrected chi connectivity index (χ0v) is 15.5. The zero-order valence-electron chi connectivity index (χ0n) is 15.5. The zero-order chi connectivity index (χ0) is 18.4. The number of aryl methyl sites for hydroxylation is 1. The van der Waals surface area contributed by atoms with E-state index < -0.39 is 17.5 Å². The van der Waals surface area contributed by atoms with Gasteiger partial charge in [-0.1, -0.05) is 38.8 Å². The summed E-state index contributed by atoms with van der Waals surface area (Å²) in [5.74, 6) is -1.24. The third kappa shape index (κ3) is 2.59. The van der Waals surface area contributed by atoms with Crippen LogP contribution < -0.4 is 0 Å². The maximum Gasteiger partial charge on any atom is 0.167 e. The van der Waals surface area contributed by atoms with Crippen LogP contribution in [0, 0.1) is 23.4 Å². The Bertz CT molecular complexity index is 845. The Morgan fingerprint density at radius 2 is 1.54 bits per heavy atom. The Balaban J connectivity index is 1.68. The van der Waals surface area contributed by atoms with E-state index in [-0.39, 0.29) is 17.0 Å². The fourth-order valence-electron chi connectivity index (χ4n) is 4.87. The normalized spacial score (nSPS) is 21.1. The highest BCUT2D eigenvalue weighted by Crippen LogP contribution is 2.53. The minimum absolute atomic E-state index is 0.0757. The van der Waals surface area contributed by atoms with Crippen LogP contribution in [-0.2, 0) is 6.42 Å². The van der Waals surface area contributed by atoms with Gasteiger partial charge in [0, 0.05) is 11.1 Å². The Labute approximate surface area is 153 Å². The van der Waals surface area contributed by atoms with Crippen molar-refractivity contribution in [3.63, 3.8) is 0 Å². The van der Waals surface area contributed by atoms with Gasteiger partial charge in [0.25, 0.3) is 0 Å². The fourth-order valence-corrected chi connectivity index (χ4v) is 4.87. The first kappa shape index (κ1) is 17.6. The molecule has 0 bridgehead atoms. The fraction of sp³-hybridized carbons (Fsp3) is 0.478. The van der Waals surface area contributed by atoms with Gasteiger partial charge in [0.15, 0.2) is 11.6 Å². The van der Waals surface area contributed by atoms with Crippen LogP contribution in [0.3, 0.4) is 0 Å². The van der Waals surface area contributed by atoms with E-state index in [2.05, 4.69) is 6.92 Å². The molecule has 1 saturated carbocycles. The van der Waals surface area contributed by atoms with Gasteiger partial charge >= 0.3 is 0 Å². The lowest BCUT2D eigenvalue weighted by Crippen LogP contribution is -2.17. The summed E-state index contributed by atoms with van der Waals surface area (Å²) in [6.07, 6.45) is 6.94. The van der Waals surface area contributed by atoms with Crippen molar-refractivity contribution in [2.75, 3.05) is 0 Å². The molecule has 0 aliphatic heterocycles. The molecular formula is C23H25F3. The molecule has 2 aromatic carbocycles. The number of fused-ring (bicyclic) bond motifs is 4. The standard InChI is InChI=1S/C23H25F3/c1-3-5-13-6-8-15(9-7-13)17-12-18-16-11-10-14(4-2)21(24)19(16)20(18)23(26)22(17)25/h10-13,15H,3-9H2,1-2H3. The molecule has 3 heteroatoms. The second kappa shape index (κ2) is 6.75. The van der Waals surface area contributed by atoms with Crippen molar-refractivity contribution >= 4 is 0 Å². The van der Waals surface area contributed by atoms with Gasteiger partial charge in [-0.2, -0.15) is 0 Å². The molecule has 0 saturated heterocycles. The number of hydrogen-bond acceptors (Lipinski definition) is 0. The second-order valence-corrected chi connectivity index (χ2v) is 7.84. The van der Waals surface area contributed by atoms with Gasteiger partial charge in [0.1, 0.15) is 5.82 Å².